The van der Waals surface area contributed by atoms with Crippen molar-refractivity contribution in [1.82, 2.24) is 10.3 Å². The summed E-state index contributed by atoms with van der Waals surface area (Å²) in [7, 11) is 0. The number of amides is 1. The molecular weight excluding hydrogens is 258 g/mol. The van der Waals surface area contributed by atoms with Crippen LogP contribution in [0, 0.1) is 16.0 Å². The molecule has 0 radical (unpaired) electrons. The number of hydrogen-bond donors (Lipinski definition) is 2. The molecule has 0 saturated heterocycles. The Morgan fingerprint density at radius 3 is 2.95 bits per heavy atom. The number of hydrogen-bond acceptors (Lipinski definition) is 3. The summed E-state index contributed by atoms with van der Waals surface area (Å²) in [5.41, 5.74) is 1.89. The molecule has 2 N–H and O–H groups in total. The van der Waals surface area contributed by atoms with Gasteiger partial charge in [-0.15, -0.1) is 0 Å². The van der Waals surface area contributed by atoms with E-state index in [1.54, 1.807) is 36.5 Å². The maximum Gasteiger partial charge on any atom is 0.254 e. The van der Waals surface area contributed by atoms with Gasteiger partial charge in [0.25, 0.3) is 5.91 Å². The van der Waals surface area contributed by atoms with Crippen LogP contribution in [0.2, 0.25) is 0 Å². The first-order chi connectivity index (χ1) is 9.20. The van der Waals surface area contributed by atoms with Crippen molar-refractivity contribution < 1.29 is 4.79 Å². The smallest absolute Gasteiger partial charge is 0.254 e. The zero-order chi connectivity index (χ0) is 13.7. The fourth-order valence-electron chi connectivity index (χ4n) is 1.63. The molecule has 94 valence electrons. The molecule has 4 nitrogen and oxygen atoms in total. The van der Waals surface area contributed by atoms with Crippen molar-refractivity contribution in [2.24, 2.45) is 0 Å². The zero-order valence-electron chi connectivity index (χ0n) is 10.0. The lowest BCUT2D eigenvalue weighted by Crippen LogP contribution is -2.23. The molecule has 0 unspecified atom stereocenters. The molecule has 19 heavy (non-hydrogen) atoms. The predicted octanol–water partition coefficient (Wildman–Crippen LogP) is 2.55. The van der Waals surface area contributed by atoms with Crippen LogP contribution in [-0.4, -0.2) is 10.9 Å². The maximum absolute atomic E-state index is 11.9. The van der Waals surface area contributed by atoms with Crippen LogP contribution >= 0.6 is 12.2 Å². The topological polar surface area (TPSA) is 68.7 Å². The van der Waals surface area contributed by atoms with Gasteiger partial charge in [-0.25, -0.2) is 0 Å². The minimum atomic E-state index is -0.232. The van der Waals surface area contributed by atoms with Gasteiger partial charge in [0.15, 0.2) is 0 Å². The van der Waals surface area contributed by atoms with Crippen molar-refractivity contribution in [1.29, 1.82) is 5.26 Å². The monoisotopic (exact) mass is 269 g/mol. The Hall–Kier alpha value is -2.45. The number of H-pyrrole nitrogens is 1. The second kappa shape index (κ2) is 5.94. The highest BCUT2D eigenvalue weighted by Crippen LogP contribution is 2.05. The van der Waals surface area contributed by atoms with Gasteiger partial charge in [-0.05, 0) is 29.8 Å². The summed E-state index contributed by atoms with van der Waals surface area (Å²) in [4.78, 5) is 14.7. The molecular formula is C14H11N3OS. The largest absolute Gasteiger partial charge is 0.352 e. The third kappa shape index (κ3) is 3.27. The van der Waals surface area contributed by atoms with E-state index in [1.165, 1.54) is 0 Å². The van der Waals surface area contributed by atoms with Gasteiger partial charge >= 0.3 is 0 Å². The summed E-state index contributed by atoms with van der Waals surface area (Å²) < 4.78 is 0.408. The number of aromatic nitrogens is 1. The molecule has 1 amide bonds. The molecule has 0 spiro atoms. The van der Waals surface area contributed by atoms with Crippen LogP contribution in [-0.2, 0) is 6.54 Å². The van der Waals surface area contributed by atoms with E-state index in [1.807, 2.05) is 6.07 Å². The number of nitrogens with one attached hydrogen (secondary N) is 2. The second-order valence-corrected chi connectivity index (χ2v) is 4.32. The number of nitrogens with zero attached hydrogens (tertiary/aromatic N) is 1. The minimum Gasteiger partial charge on any atom is -0.352 e. The van der Waals surface area contributed by atoms with Crippen LogP contribution in [0.3, 0.4) is 0 Å². The lowest BCUT2D eigenvalue weighted by molar-refractivity contribution is 0.0950. The minimum absolute atomic E-state index is 0.232. The van der Waals surface area contributed by atoms with E-state index in [-0.39, 0.29) is 5.91 Å². The summed E-state index contributed by atoms with van der Waals surface area (Å²) in [6, 6.07) is 12.6. The Kier molecular flexibility index (Phi) is 4.06. The van der Waals surface area contributed by atoms with Crippen LogP contribution < -0.4 is 5.32 Å². The van der Waals surface area contributed by atoms with E-state index in [9.17, 15) is 4.79 Å². The Bertz CT molecular complexity index is 700. The fraction of sp³-hybridized carbons (Fsp3) is 0.0714. The van der Waals surface area contributed by atoms with E-state index in [0.717, 1.165) is 5.56 Å². The highest BCUT2D eigenvalue weighted by molar-refractivity contribution is 7.71. The van der Waals surface area contributed by atoms with Crippen LogP contribution in [0.5, 0.6) is 0 Å². The van der Waals surface area contributed by atoms with Crippen LogP contribution in [0.4, 0.5) is 0 Å². The summed E-state index contributed by atoms with van der Waals surface area (Å²) in [6.45, 7) is 0.359. The Morgan fingerprint density at radius 1 is 1.37 bits per heavy atom. The molecule has 0 atom stereocenters. The van der Waals surface area contributed by atoms with Gasteiger partial charge in [0.1, 0.15) is 4.64 Å². The molecule has 2 aromatic rings. The van der Waals surface area contributed by atoms with Gasteiger partial charge in [-0.1, -0.05) is 24.4 Å². The van der Waals surface area contributed by atoms with E-state index >= 15 is 0 Å². The molecule has 0 aliphatic rings. The fourth-order valence-corrected chi connectivity index (χ4v) is 1.86. The van der Waals surface area contributed by atoms with Crippen molar-refractivity contribution in [3.8, 4) is 6.07 Å². The number of rotatable bonds is 3. The van der Waals surface area contributed by atoms with E-state index < -0.39 is 0 Å². The van der Waals surface area contributed by atoms with E-state index in [4.69, 9.17) is 17.5 Å². The highest BCUT2D eigenvalue weighted by atomic mass is 32.1. The van der Waals surface area contributed by atoms with Crippen molar-refractivity contribution in [3.05, 3.63) is 63.9 Å². The number of carbonyl (C=O) groups excluding carboxylic acids is 1. The zero-order valence-corrected chi connectivity index (χ0v) is 10.8. The normalized spacial score (nSPS) is 9.63. The van der Waals surface area contributed by atoms with Crippen molar-refractivity contribution in [2.45, 2.75) is 6.54 Å². The van der Waals surface area contributed by atoms with E-state index in [0.29, 0.717) is 22.3 Å². The van der Waals surface area contributed by atoms with Crippen molar-refractivity contribution in [3.63, 3.8) is 0 Å². The summed E-state index contributed by atoms with van der Waals surface area (Å²) in [6.07, 6.45) is 1.68. The Labute approximate surface area is 115 Å². The maximum atomic E-state index is 11.9. The first kappa shape index (κ1) is 13.0. The van der Waals surface area contributed by atoms with Gasteiger partial charge in [0.05, 0.1) is 17.2 Å². The van der Waals surface area contributed by atoms with Crippen LogP contribution in [0.25, 0.3) is 0 Å². The molecule has 5 heteroatoms. The lowest BCUT2D eigenvalue weighted by Gasteiger charge is -2.05. The average Bonchev–Trinajstić information content (AvgIpc) is 2.45. The van der Waals surface area contributed by atoms with Gasteiger partial charge in [0.2, 0.25) is 0 Å². The number of nitriles is 1. The number of pyridine rings is 1. The molecule has 2 rings (SSSR count). The quantitative estimate of drug-likeness (QED) is 0.841. The van der Waals surface area contributed by atoms with Gasteiger partial charge in [0, 0.05) is 12.7 Å². The number of aromatic amines is 1. The molecule has 0 aliphatic carbocycles. The average molecular weight is 269 g/mol. The molecule has 0 bridgehead atoms. The number of carbonyl (C=O) groups is 1. The van der Waals surface area contributed by atoms with Crippen LogP contribution in [0.15, 0.2) is 42.6 Å². The first-order valence-corrected chi connectivity index (χ1v) is 6.06. The first-order valence-electron chi connectivity index (χ1n) is 5.65. The lowest BCUT2D eigenvalue weighted by atomic mass is 10.1. The summed E-state index contributed by atoms with van der Waals surface area (Å²) in [5, 5.41) is 11.6. The molecule has 1 aromatic heterocycles. The van der Waals surface area contributed by atoms with Crippen LogP contribution in [0.1, 0.15) is 21.5 Å². The number of benzene rings is 1. The molecule has 1 aromatic carbocycles. The van der Waals surface area contributed by atoms with E-state index in [2.05, 4.69) is 16.4 Å². The SMILES string of the molecule is N#Cc1cccc(CNC(=O)c2ccc[nH]c2=S)c1. The summed E-state index contributed by atoms with van der Waals surface area (Å²) in [5.74, 6) is -0.232. The third-order valence-electron chi connectivity index (χ3n) is 2.57. The third-order valence-corrected chi connectivity index (χ3v) is 2.91. The molecule has 1 heterocycles. The van der Waals surface area contributed by atoms with Gasteiger partial charge in [-0.2, -0.15) is 5.26 Å². The molecule has 0 fully saturated rings. The van der Waals surface area contributed by atoms with Gasteiger partial charge < -0.3 is 10.3 Å². The standard InChI is InChI=1S/C14H11N3OS/c15-8-10-3-1-4-11(7-10)9-17-13(18)12-5-2-6-16-14(12)19/h1-7H,9H2,(H,16,19)(H,17,18). The van der Waals surface area contributed by atoms with Gasteiger partial charge in [-0.3, -0.25) is 4.79 Å². The predicted molar refractivity (Wildman–Crippen MR) is 74.0 cm³/mol. The Balaban J connectivity index is 2.07. The molecule has 0 aliphatic heterocycles. The summed E-state index contributed by atoms with van der Waals surface area (Å²) >= 11 is 5.04. The Morgan fingerprint density at radius 2 is 2.21 bits per heavy atom. The molecule has 0 saturated carbocycles. The highest BCUT2D eigenvalue weighted by Gasteiger charge is 2.06. The van der Waals surface area contributed by atoms with Crippen molar-refractivity contribution in [2.75, 3.05) is 0 Å². The van der Waals surface area contributed by atoms with Crippen molar-refractivity contribution >= 4 is 18.1 Å². The second-order valence-electron chi connectivity index (χ2n) is 3.91.